The predicted molar refractivity (Wildman–Crippen MR) is 106 cm³/mol. The molecule has 28 heavy (non-hydrogen) atoms. The summed E-state index contributed by atoms with van der Waals surface area (Å²) in [5.74, 6) is -0.838. The van der Waals surface area contributed by atoms with Crippen molar-refractivity contribution in [1.82, 2.24) is 14.8 Å². The Bertz CT molecular complexity index is 1030. The lowest BCUT2D eigenvalue weighted by molar-refractivity contribution is -0.121. The maximum absolute atomic E-state index is 13.3. The van der Waals surface area contributed by atoms with Crippen molar-refractivity contribution in [2.75, 3.05) is 25.0 Å². The minimum absolute atomic E-state index is 0.169. The van der Waals surface area contributed by atoms with E-state index in [1.54, 1.807) is 4.90 Å². The molecule has 1 fully saturated rings. The Kier molecular flexibility index (Phi) is 4.83. The van der Waals surface area contributed by atoms with E-state index in [0.717, 1.165) is 10.9 Å². The molecule has 2 amide bonds. The summed E-state index contributed by atoms with van der Waals surface area (Å²) in [6.07, 6.45) is 1.81. The van der Waals surface area contributed by atoms with Gasteiger partial charge in [0.15, 0.2) is 0 Å². The highest BCUT2D eigenvalue weighted by Gasteiger charge is 2.33. The first kappa shape index (κ1) is 18.2. The number of carbonyl (C=O) groups is 2. The van der Waals surface area contributed by atoms with Crippen LogP contribution in [0.1, 0.15) is 10.4 Å². The Balaban J connectivity index is 1.60. The van der Waals surface area contributed by atoms with Gasteiger partial charge in [-0.15, -0.1) is 0 Å². The number of amides is 2. The highest BCUT2D eigenvalue weighted by molar-refractivity contribution is 6.09. The van der Waals surface area contributed by atoms with Crippen LogP contribution < -0.4 is 10.6 Å². The molecular weight excluding hydrogens is 359 g/mol. The van der Waals surface area contributed by atoms with Crippen molar-refractivity contribution in [2.45, 2.75) is 6.04 Å². The lowest BCUT2D eigenvalue weighted by atomic mass is 10.1. The van der Waals surface area contributed by atoms with E-state index in [4.69, 9.17) is 0 Å². The molecule has 4 rings (SSSR count). The first-order valence-corrected chi connectivity index (χ1v) is 9.17. The summed E-state index contributed by atoms with van der Waals surface area (Å²) >= 11 is 0. The first-order valence-electron chi connectivity index (χ1n) is 9.17. The first-order chi connectivity index (χ1) is 13.5. The summed E-state index contributed by atoms with van der Waals surface area (Å²) in [7, 11) is 1.90. The number of anilines is 1. The molecule has 0 aliphatic carbocycles. The molecule has 1 aliphatic heterocycles. The number of nitrogens with one attached hydrogen (secondary N) is 2. The van der Waals surface area contributed by atoms with Crippen molar-refractivity contribution in [3.63, 3.8) is 0 Å². The molecule has 0 bridgehead atoms. The van der Waals surface area contributed by atoms with Crippen LogP contribution in [0.25, 0.3) is 10.9 Å². The summed E-state index contributed by atoms with van der Waals surface area (Å²) in [6, 6.07) is 12.6. The fourth-order valence-electron chi connectivity index (χ4n) is 3.61. The molecule has 1 aromatic heterocycles. The average Bonchev–Trinajstić information content (AvgIpc) is 3.06. The molecule has 1 aliphatic rings. The summed E-state index contributed by atoms with van der Waals surface area (Å²) < 4.78 is 15.0. The number of rotatable bonds is 3. The van der Waals surface area contributed by atoms with Crippen LogP contribution in [0.4, 0.5) is 10.1 Å². The Hall–Kier alpha value is -3.19. The van der Waals surface area contributed by atoms with Crippen LogP contribution in [-0.4, -0.2) is 47.0 Å². The third kappa shape index (κ3) is 3.36. The second-order valence-electron chi connectivity index (χ2n) is 6.89. The highest BCUT2D eigenvalue weighted by atomic mass is 19.1. The van der Waals surface area contributed by atoms with Gasteiger partial charge >= 0.3 is 0 Å². The largest absolute Gasteiger partial charge is 0.350 e. The third-order valence-corrected chi connectivity index (χ3v) is 5.05. The Morgan fingerprint density at radius 1 is 1.14 bits per heavy atom. The SMILES string of the molecule is Cn1cc(C(=O)N2CCNCC2C(=O)Nc2ccc(F)cc2)c2ccccc21. The van der Waals surface area contributed by atoms with Gasteiger partial charge in [-0.05, 0) is 30.3 Å². The molecule has 0 radical (unpaired) electrons. The molecule has 0 saturated carbocycles. The van der Waals surface area contributed by atoms with Crippen LogP contribution >= 0.6 is 0 Å². The number of hydrogen-bond acceptors (Lipinski definition) is 3. The lowest BCUT2D eigenvalue weighted by Crippen LogP contribution is -2.58. The zero-order valence-corrected chi connectivity index (χ0v) is 15.5. The van der Waals surface area contributed by atoms with Gasteiger partial charge < -0.3 is 20.1 Å². The van der Waals surface area contributed by atoms with Gasteiger partial charge in [-0.2, -0.15) is 0 Å². The van der Waals surface area contributed by atoms with Gasteiger partial charge in [0.25, 0.3) is 5.91 Å². The zero-order chi connectivity index (χ0) is 19.7. The minimum Gasteiger partial charge on any atom is -0.350 e. The van der Waals surface area contributed by atoms with E-state index in [-0.39, 0.29) is 17.6 Å². The van der Waals surface area contributed by atoms with Crippen molar-refractivity contribution >= 4 is 28.4 Å². The Morgan fingerprint density at radius 3 is 2.68 bits per heavy atom. The number of piperazine rings is 1. The summed E-state index contributed by atoms with van der Waals surface area (Å²) in [6.45, 7) is 1.42. The summed E-state index contributed by atoms with van der Waals surface area (Å²) in [5.41, 5.74) is 2.04. The maximum atomic E-state index is 13.3. The highest BCUT2D eigenvalue weighted by Crippen LogP contribution is 2.23. The van der Waals surface area contributed by atoms with Crippen LogP contribution in [0.15, 0.2) is 54.7 Å². The second-order valence-corrected chi connectivity index (χ2v) is 6.89. The van der Waals surface area contributed by atoms with Crippen molar-refractivity contribution in [3.05, 3.63) is 66.1 Å². The van der Waals surface area contributed by atoms with E-state index in [9.17, 15) is 14.0 Å². The van der Waals surface area contributed by atoms with Gasteiger partial charge in [0, 0.05) is 49.5 Å². The monoisotopic (exact) mass is 380 g/mol. The van der Waals surface area contributed by atoms with Crippen molar-refractivity contribution in [1.29, 1.82) is 0 Å². The van der Waals surface area contributed by atoms with Crippen LogP contribution in [0.2, 0.25) is 0 Å². The quantitative estimate of drug-likeness (QED) is 0.733. The van der Waals surface area contributed by atoms with Crippen LogP contribution in [0.3, 0.4) is 0 Å². The van der Waals surface area contributed by atoms with Crippen molar-refractivity contribution in [3.8, 4) is 0 Å². The minimum atomic E-state index is -0.648. The van der Waals surface area contributed by atoms with Crippen molar-refractivity contribution < 1.29 is 14.0 Å². The van der Waals surface area contributed by atoms with Gasteiger partial charge in [0.1, 0.15) is 11.9 Å². The average molecular weight is 380 g/mol. The summed E-state index contributed by atoms with van der Waals surface area (Å²) in [4.78, 5) is 27.7. The normalized spacial score (nSPS) is 16.9. The molecule has 2 aromatic carbocycles. The lowest BCUT2D eigenvalue weighted by Gasteiger charge is -2.35. The molecule has 2 N–H and O–H groups in total. The van der Waals surface area contributed by atoms with Crippen molar-refractivity contribution in [2.24, 2.45) is 7.05 Å². The maximum Gasteiger partial charge on any atom is 0.256 e. The number of aryl methyl sites for hydroxylation is 1. The Morgan fingerprint density at radius 2 is 1.89 bits per heavy atom. The van der Waals surface area contributed by atoms with Crippen LogP contribution in [0, 0.1) is 5.82 Å². The Labute approximate surface area is 161 Å². The van der Waals surface area contributed by atoms with Gasteiger partial charge in [-0.1, -0.05) is 18.2 Å². The van der Waals surface area contributed by atoms with E-state index in [0.29, 0.717) is 30.9 Å². The molecule has 2 heterocycles. The standard InChI is InChI=1S/C21H21FN4O2/c1-25-13-17(16-4-2-3-5-18(16)25)21(28)26-11-10-23-12-19(26)20(27)24-15-8-6-14(22)7-9-15/h2-9,13,19,23H,10-12H2,1H3,(H,24,27). The number of nitrogens with zero attached hydrogens (tertiary/aromatic N) is 2. The zero-order valence-electron chi connectivity index (χ0n) is 15.5. The molecule has 1 unspecified atom stereocenters. The number of benzene rings is 2. The van der Waals surface area contributed by atoms with E-state index in [1.807, 2.05) is 42.1 Å². The van der Waals surface area contributed by atoms with E-state index in [2.05, 4.69) is 10.6 Å². The number of hydrogen-bond donors (Lipinski definition) is 2. The predicted octanol–water partition coefficient (Wildman–Crippen LogP) is 2.37. The number of aromatic nitrogens is 1. The third-order valence-electron chi connectivity index (χ3n) is 5.05. The van der Waals surface area contributed by atoms with Gasteiger partial charge in [0.05, 0.1) is 5.56 Å². The second kappa shape index (κ2) is 7.44. The fourth-order valence-corrected chi connectivity index (χ4v) is 3.61. The molecule has 1 saturated heterocycles. The van der Waals surface area contributed by atoms with E-state index in [1.165, 1.54) is 24.3 Å². The molecular formula is C21H21FN4O2. The molecule has 144 valence electrons. The van der Waals surface area contributed by atoms with Gasteiger partial charge in [0.2, 0.25) is 5.91 Å². The number of para-hydroxylation sites is 1. The topological polar surface area (TPSA) is 66.4 Å². The van der Waals surface area contributed by atoms with Gasteiger partial charge in [-0.25, -0.2) is 4.39 Å². The summed E-state index contributed by atoms with van der Waals surface area (Å²) in [5, 5.41) is 6.81. The number of carbonyl (C=O) groups excluding carboxylic acids is 2. The van der Waals surface area contributed by atoms with Crippen LogP contribution in [0.5, 0.6) is 0 Å². The van der Waals surface area contributed by atoms with Gasteiger partial charge in [-0.3, -0.25) is 9.59 Å². The van der Waals surface area contributed by atoms with Crippen LogP contribution in [-0.2, 0) is 11.8 Å². The number of halogens is 1. The molecule has 0 spiro atoms. The van der Waals surface area contributed by atoms with E-state index >= 15 is 0 Å². The smallest absolute Gasteiger partial charge is 0.256 e. The molecule has 3 aromatic rings. The van der Waals surface area contributed by atoms with E-state index < -0.39 is 6.04 Å². The molecule has 6 nitrogen and oxygen atoms in total. The molecule has 7 heteroatoms. The molecule has 1 atom stereocenters. The number of fused-ring (bicyclic) bond motifs is 1. The fraction of sp³-hybridized carbons (Fsp3) is 0.238.